The quantitative estimate of drug-likeness (QED) is 0.721. The van der Waals surface area contributed by atoms with Gasteiger partial charge in [0.25, 0.3) is 0 Å². The van der Waals surface area contributed by atoms with E-state index in [1.807, 2.05) is 31.3 Å². The topological polar surface area (TPSA) is 53.2 Å². The third-order valence-corrected chi connectivity index (χ3v) is 2.51. The van der Waals surface area contributed by atoms with Gasteiger partial charge in [-0.3, -0.25) is 0 Å². The average molecular weight is 219 g/mol. The zero-order valence-corrected chi connectivity index (χ0v) is 9.42. The van der Waals surface area contributed by atoms with Gasteiger partial charge in [-0.25, -0.2) is 4.79 Å². The van der Waals surface area contributed by atoms with E-state index in [9.17, 15) is 4.79 Å². The number of amides is 2. The van der Waals surface area contributed by atoms with Crippen molar-refractivity contribution in [2.75, 3.05) is 12.4 Å². The van der Waals surface area contributed by atoms with Crippen LogP contribution in [0, 0.1) is 0 Å². The van der Waals surface area contributed by atoms with Crippen molar-refractivity contribution in [3.05, 3.63) is 29.8 Å². The minimum absolute atomic E-state index is 0.108. The van der Waals surface area contributed by atoms with Gasteiger partial charge in [-0.2, -0.15) is 0 Å². The second-order valence-electron chi connectivity index (χ2n) is 4.10. The van der Waals surface area contributed by atoms with Crippen LogP contribution in [0.2, 0.25) is 0 Å². The molecule has 4 nitrogen and oxygen atoms in total. The van der Waals surface area contributed by atoms with Crippen molar-refractivity contribution in [1.29, 1.82) is 0 Å². The van der Waals surface area contributed by atoms with Gasteiger partial charge in [-0.15, -0.1) is 0 Å². The summed E-state index contributed by atoms with van der Waals surface area (Å²) in [4.78, 5) is 11.4. The van der Waals surface area contributed by atoms with Crippen LogP contribution in [0.4, 0.5) is 10.5 Å². The molecule has 1 saturated carbocycles. The highest BCUT2D eigenvalue weighted by Gasteiger charge is 2.22. The van der Waals surface area contributed by atoms with Crippen LogP contribution in [0.25, 0.3) is 0 Å². The van der Waals surface area contributed by atoms with Crippen LogP contribution in [0.15, 0.2) is 24.3 Å². The highest BCUT2D eigenvalue weighted by atomic mass is 16.2. The van der Waals surface area contributed by atoms with E-state index in [2.05, 4.69) is 16.0 Å². The van der Waals surface area contributed by atoms with Gasteiger partial charge < -0.3 is 16.0 Å². The molecule has 0 saturated heterocycles. The lowest BCUT2D eigenvalue weighted by atomic mass is 10.2. The van der Waals surface area contributed by atoms with E-state index < -0.39 is 0 Å². The standard InChI is InChI=1S/C12H17N3O/c1-13-8-9-2-4-10(5-3-9)14-12(16)15-11-6-7-11/h2-5,11,13H,6-8H2,1H3,(H2,14,15,16). The highest BCUT2D eigenvalue weighted by Crippen LogP contribution is 2.18. The molecule has 1 aliphatic carbocycles. The van der Waals surface area contributed by atoms with Crippen LogP contribution >= 0.6 is 0 Å². The summed E-state index contributed by atoms with van der Waals surface area (Å²) in [6.45, 7) is 0.842. The molecule has 0 radical (unpaired) electrons. The summed E-state index contributed by atoms with van der Waals surface area (Å²) in [6.07, 6.45) is 2.21. The molecule has 0 aliphatic heterocycles. The predicted molar refractivity (Wildman–Crippen MR) is 64.4 cm³/mol. The van der Waals surface area contributed by atoms with Gasteiger partial charge in [0, 0.05) is 18.3 Å². The summed E-state index contributed by atoms with van der Waals surface area (Å²) in [5, 5.41) is 8.77. The first-order valence-electron chi connectivity index (χ1n) is 5.59. The van der Waals surface area contributed by atoms with E-state index >= 15 is 0 Å². The van der Waals surface area contributed by atoms with Gasteiger partial charge in [0.15, 0.2) is 0 Å². The number of carbonyl (C=O) groups excluding carboxylic acids is 1. The summed E-state index contributed by atoms with van der Waals surface area (Å²) in [7, 11) is 1.91. The molecule has 86 valence electrons. The molecule has 16 heavy (non-hydrogen) atoms. The molecule has 0 atom stereocenters. The second kappa shape index (κ2) is 4.99. The third kappa shape index (κ3) is 3.24. The molecular formula is C12H17N3O. The van der Waals surface area contributed by atoms with Crippen molar-refractivity contribution in [3.63, 3.8) is 0 Å². The summed E-state index contributed by atoms with van der Waals surface area (Å²) >= 11 is 0. The zero-order valence-electron chi connectivity index (χ0n) is 9.42. The lowest BCUT2D eigenvalue weighted by molar-refractivity contribution is 0.251. The number of urea groups is 1. The fourth-order valence-electron chi connectivity index (χ4n) is 1.49. The van der Waals surface area contributed by atoms with E-state index in [-0.39, 0.29) is 6.03 Å². The lowest BCUT2D eigenvalue weighted by Gasteiger charge is -2.07. The molecule has 3 N–H and O–H groups in total. The van der Waals surface area contributed by atoms with Crippen molar-refractivity contribution < 1.29 is 4.79 Å². The SMILES string of the molecule is CNCc1ccc(NC(=O)NC2CC2)cc1. The second-order valence-corrected chi connectivity index (χ2v) is 4.10. The molecule has 4 heteroatoms. The van der Waals surface area contributed by atoms with Crippen molar-refractivity contribution >= 4 is 11.7 Å². The number of anilines is 1. The van der Waals surface area contributed by atoms with Gasteiger partial charge in [0.2, 0.25) is 0 Å². The molecule has 0 unspecified atom stereocenters. The van der Waals surface area contributed by atoms with Gasteiger partial charge in [-0.05, 0) is 37.6 Å². The first-order valence-corrected chi connectivity index (χ1v) is 5.59. The number of hydrogen-bond donors (Lipinski definition) is 3. The van der Waals surface area contributed by atoms with Gasteiger partial charge in [-0.1, -0.05) is 12.1 Å². The van der Waals surface area contributed by atoms with Crippen LogP contribution < -0.4 is 16.0 Å². The van der Waals surface area contributed by atoms with Crippen molar-refractivity contribution in [3.8, 4) is 0 Å². The molecule has 1 aromatic rings. The summed E-state index contributed by atoms with van der Waals surface area (Å²) in [5.74, 6) is 0. The smallest absolute Gasteiger partial charge is 0.319 e. The molecule has 1 fully saturated rings. The van der Waals surface area contributed by atoms with Crippen molar-refractivity contribution in [2.24, 2.45) is 0 Å². The highest BCUT2D eigenvalue weighted by molar-refractivity contribution is 5.89. The Morgan fingerprint density at radius 2 is 2.00 bits per heavy atom. The van der Waals surface area contributed by atoms with E-state index in [0.717, 1.165) is 25.1 Å². The first-order chi connectivity index (χ1) is 7.78. The monoisotopic (exact) mass is 219 g/mol. The largest absolute Gasteiger partial charge is 0.335 e. The fourth-order valence-corrected chi connectivity index (χ4v) is 1.49. The minimum atomic E-state index is -0.108. The molecule has 0 aromatic heterocycles. The molecule has 1 aromatic carbocycles. The number of hydrogen-bond acceptors (Lipinski definition) is 2. The Morgan fingerprint density at radius 1 is 1.31 bits per heavy atom. The molecule has 0 bridgehead atoms. The normalized spacial score (nSPS) is 14.6. The number of carbonyl (C=O) groups is 1. The van der Waals surface area contributed by atoms with Crippen LogP contribution in [0.1, 0.15) is 18.4 Å². The average Bonchev–Trinajstić information content (AvgIpc) is 3.05. The Hall–Kier alpha value is -1.55. The summed E-state index contributed by atoms with van der Waals surface area (Å²) < 4.78 is 0. The van der Waals surface area contributed by atoms with Gasteiger partial charge in [0.05, 0.1) is 0 Å². The number of benzene rings is 1. The van der Waals surface area contributed by atoms with Crippen molar-refractivity contribution in [2.45, 2.75) is 25.4 Å². The molecule has 0 heterocycles. The minimum Gasteiger partial charge on any atom is -0.335 e. The van der Waals surface area contributed by atoms with Gasteiger partial charge >= 0.3 is 6.03 Å². The Bertz CT molecular complexity index is 357. The maximum Gasteiger partial charge on any atom is 0.319 e. The molecule has 2 rings (SSSR count). The Labute approximate surface area is 95.4 Å². The number of rotatable bonds is 4. The van der Waals surface area contributed by atoms with Crippen LogP contribution in [-0.4, -0.2) is 19.1 Å². The molecular weight excluding hydrogens is 202 g/mol. The van der Waals surface area contributed by atoms with Crippen LogP contribution in [0.5, 0.6) is 0 Å². The summed E-state index contributed by atoms with van der Waals surface area (Å²) in [5.41, 5.74) is 2.04. The molecule has 2 amide bonds. The Morgan fingerprint density at radius 3 is 2.56 bits per heavy atom. The molecule has 1 aliphatic rings. The summed E-state index contributed by atoms with van der Waals surface area (Å²) in [6, 6.07) is 8.12. The third-order valence-electron chi connectivity index (χ3n) is 2.51. The van der Waals surface area contributed by atoms with Crippen LogP contribution in [0.3, 0.4) is 0 Å². The predicted octanol–water partition coefficient (Wildman–Crippen LogP) is 1.69. The van der Waals surface area contributed by atoms with E-state index in [4.69, 9.17) is 0 Å². The Kier molecular flexibility index (Phi) is 3.41. The molecule has 0 spiro atoms. The maximum atomic E-state index is 11.4. The lowest BCUT2D eigenvalue weighted by Crippen LogP contribution is -2.30. The first kappa shape index (κ1) is 11.0. The van der Waals surface area contributed by atoms with E-state index in [0.29, 0.717) is 6.04 Å². The zero-order chi connectivity index (χ0) is 11.4. The van der Waals surface area contributed by atoms with Crippen molar-refractivity contribution in [1.82, 2.24) is 10.6 Å². The van der Waals surface area contributed by atoms with E-state index in [1.54, 1.807) is 0 Å². The van der Waals surface area contributed by atoms with Crippen LogP contribution in [-0.2, 0) is 6.54 Å². The Balaban J connectivity index is 1.85. The fraction of sp³-hybridized carbons (Fsp3) is 0.417. The number of nitrogens with one attached hydrogen (secondary N) is 3. The van der Waals surface area contributed by atoms with Gasteiger partial charge in [0.1, 0.15) is 0 Å². The maximum absolute atomic E-state index is 11.4. The van der Waals surface area contributed by atoms with E-state index in [1.165, 1.54) is 5.56 Å².